The van der Waals surface area contributed by atoms with Crippen molar-refractivity contribution in [2.24, 2.45) is 0 Å². The number of thiophene rings is 1. The predicted molar refractivity (Wildman–Crippen MR) is 77.7 cm³/mol. The van der Waals surface area contributed by atoms with Crippen LogP contribution in [-0.4, -0.2) is 23.0 Å². The number of amides is 1. The molecule has 4 heteroatoms. The van der Waals surface area contributed by atoms with E-state index in [2.05, 4.69) is 0 Å². The average Bonchev–Trinajstić information content (AvgIpc) is 2.83. The minimum Gasteiger partial charge on any atom is -0.508 e. The van der Waals surface area contributed by atoms with E-state index < -0.39 is 0 Å². The summed E-state index contributed by atoms with van der Waals surface area (Å²) < 4.78 is 0. The van der Waals surface area contributed by atoms with Crippen molar-refractivity contribution in [2.45, 2.75) is 19.9 Å². The molecule has 1 heterocycles. The average molecular weight is 275 g/mol. The molecular formula is C15H17NO2S. The summed E-state index contributed by atoms with van der Waals surface area (Å²) in [6, 6.07) is 6.94. The van der Waals surface area contributed by atoms with Crippen molar-refractivity contribution < 1.29 is 9.90 Å². The highest BCUT2D eigenvalue weighted by molar-refractivity contribution is 7.08. The monoisotopic (exact) mass is 275 g/mol. The van der Waals surface area contributed by atoms with E-state index >= 15 is 0 Å². The zero-order valence-electron chi connectivity index (χ0n) is 11.3. The Morgan fingerprint density at radius 1 is 1.32 bits per heavy atom. The topological polar surface area (TPSA) is 40.5 Å². The molecule has 0 saturated heterocycles. The van der Waals surface area contributed by atoms with Gasteiger partial charge in [-0.05, 0) is 30.9 Å². The Morgan fingerprint density at radius 3 is 2.58 bits per heavy atom. The van der Waals surface area contributed by atoms with Crippen molar-refractivity contribution >= 4 is 17.2 Å². The second-order valence-corrected chi connectivity index (χ2v) is 5.36. The zero-order valence-corrected chi connectivity index (χ0v) is 12.1. The number of phenolic OH excluding ortho intramolecular Hbond substituents is 1. The summed E-state index contributed by atoms with van der Waals surface area (Å²) in [4.78, 5) is 14.1. The lowest BCUT2D eigenvalue weighted by Gasteiger charge is -2.26. The molecule has 1 N–H and O–H groups in total. The minimum absolute atomic E-state index is 0.0190. The Labute approximate surface area is 117 Å². The van der Waals surface area contributed by atoms with Crippen molar-refractivity contribution in [3.05, 3.63) is 51.7 Å². The molecular weight excluding hydrogens is 258 g/mol. The number of nitrogens with zero attached hydrogens (tertiary/aromatic N) is 1. The summed E-state index contributed by atoms with van der Waals surface area (Å²) in [6.45, 7) is 3.84. The summed E-state index contributed by atoms with van der Waals surface area (Å²) >= 11 is 1.53. The van der Waals surface area contributed by atoms with Gasteiger partial charge < -0.3 is 10.0 Å². The summed E-state index contributed by atoms with van der Waals surface area (Å²) in [6.07, 6.45) is 0. The first-order chi connectivity index (χ1) is 9.02. The number of aryl methyl sites for hydroxylation is 1. The molecule has 3 nitrogen and oxygen atoms in total. The van der Waals surface area contributed by atoms with Crippen molar-refractivity contribution in [1.29, 1.82) is 0 Å². The highest BCUT2D eigenvalue weighted by Gasteiger charge is 2.22. The summed E-state index contributed by atoms with van der Waals surface area (Å²) in [5.41, 5.74) is 2.48. The van der Waals surface area contributed by atoms with Crippen molar-refractivity contribution in [2.75, 3.05) is 7.05 Å². The largest absolute Gasteiger partial charge is 0.508 e. The maximum Gasteiger partial charge on any atom is 0.255 e. The molecule has 2 rings (SSSR count). The SMILES string of the molecule is Cc1cscc1C(=O)N(C)C(C)c1ccccc1O. The number of carbonyl (C=O) groups excluding carboxylic acids is 1. The standard InChI is InChI=1S/C15H17NO2S/c1-10-8-19-9-13(10)15(18)16(3)11(2)12-6-4-5-7-14(12)17/h4-9,11,17H,1-3H3. The van der Waals surface area contributed by atoms with Gasteiger partial charge in [0.05, 0.1) is 11.6 Å². The van der Waals surface area contributed by atoms with Crippen LogP contribution < -0.4 is 0 Å². The first kappa shape index (κ1) is 13.6. The van der Waals surface area contributed by atoms with Crippen LogP contribution in [-0.2, 0) is 0 Å². The molecule has 0 saturated carbocycles. The lowest BCUT2D eigenvalue weighted by atomic mass is 10.1. The third-order valence-corrected chi connectivity index (χ3v) is 4.24. The van der Waals surface area contributed by atoms with Gasteiger partial charge in [0.2, 0.25) is 0 Å². The highest BCUT2D eigenvalue weighted by atomic mass is 32.1. The second kappa shape index (κ2) is 5.45. The summed E-state index contributed by atoms with van der Waals surface area (Å²) in [7, 11) is 1.76. The van der Waals surface area contributed by atoms with E-state index in [1.165, 1.54) is 11.3 Å². The number of phenols is 1. The molecule has 0 radical (unpaired) electrons. The van der Waals surface area contributed by atoms with Crippen LogP contribution in [0.3, 0.4) is 0 Å². The number of carbonyl (C=O) groups is 1. The molecule has 0 bridgehead atoms. The molecule has 1 atom stereocenters. The first-order valence-corrected chi connectivity index (χ1v) is 7.04. The molecule has 0 aliphatic carbocycles. The molecule has 0 spiro atoms. The molecule has 1 aromatic carbocycles. The van der Waals surface area contributed by atoms with E-state index in [1.54, 1.807) is 24.1 Å². The Morgan fingerprint density at radius 2 is 2.00 bits per heavy atom. The summed E-state index contributed by atoms with van der Waals surface area (Å²) in [5.74, 6) is 0.200. The number of rotatable bonds is 3. The Hall–Kier alpha value is -1.81. The number of para-hydroxylation sites is 1. The molecule has 0 fully saturated rings. The van der Waals surface area contributed by atoms with Gasteiger partial charge in [-0.15, -0.1) is 0 Å². The zero-order chi connectivity index (χ0) is 14.0. The van der Waals surface area contributed by atoms with Crippen LogP contribution in [0.4, 0.5) is 0 Å². The van der Waals surface area contributed by atoms with Crippen molar-refractivity contribution in [1.82, 2.24) is 4.90 Å². The number of hydrogen-bond acceptors (Lipinski definition) is 3. The number of hydrogen-bond donors (Lipinski definition) is 1. The lowest BCUT2D eigenvalue weighted by molar-refractivity contribution is 0.0741. The first-order valence-electron chi connectivity index (χ1n) is 6.10. The maximum atomic E-state index is 12.4. The smallest absolute Gasteiger partial charge is 0.255 e. The fourth-order valence-electron chi connectivity index (χ4n) is 1.99. The molecule has 1 aromatic heterocycles. The predicted octanol–water partition coefficient (Wildman–Crippen LogP) is 3.60. The van der Waals surface area contributed by atoms with E-state index in [0.29, 0.717) is 0 Å². The van der Waals surface area contributed by atoms with Gasteiger partial charge in [0.25, 0.3) is 5.91 Å². The Kier molecular flexibility index (Phi) is 3.90. The van der Waals surface area contributed by atoms with Crippen LogP contribution in [0.1, 0.15) is 34.5 Å². The van der Waals surface area contributed by atoms with Crippen LogP contribution in [0.5, 0.6) is 5.75 Å². The van der Waals surface area contributed by atoms with Crippen LogP contribution >= 0.6 is 11.3 Å². The maximum absolute atomic E-state index is 12.4. The van der Waals surface area contributed by atoms with Gasteiger partial charge in [-0.1, -0.05) is 18.2 Å². The van der Waals surface area contributed by atoms with E-state index in [9.17, 15) is 9.90 Å². The molecule has 2 aromatic rings. The highest BCUT2D eigenvalue weighted by Crippen LogP contribution is 2.28. The van der Waals surface area contributed by atoms with Crippen LogP contribution in [0.25, 0.3) is 0 Å². The van der Waals surface area contributed by atoms with Crippen LogP contribution in [0.2, 0.25) is 0 Å². The molecule has 19 heavy (non-hydrogen) atoms. The van der Waals surface area contributed by atoms with Gasteiger partial charge in [0, 0.05) is 18.0 Å². The van der Waals surface area contributed by atoms with E-state index in [1.807, 2.05) is 36.7 Å². The van der Waals surface area contributed by atoms with Gasteiger partial charge >= 0.3 is 0 Å². The summed E-state index contributed by atoms with van der Waals surface area (Å²) in [5, 5.41) is 13.7. The second-order valence-electron chi connectivity index (χ2n) is 4.62. The number of benzene rings is 1. The molecule has 100 valence electrons. The van der Waals surface area contributed by atoms with Gasteiger partial charge in [0.15, 0.2) is 0 Å². The van der Waals surface area contributed by atoms with E-state index in [-0.39, 0.29) is 17.7 Å². The van der Waals surface area contributed by atoms with Crippen molar-refractivity contribution in [3.8, 4) is 5.75 Å². The lowest BCUT2D eigenvalue weighted by Crippen LogP contribution is -2.29. The van der Waals surface area contributed by atoms with Crippen molar-refractivity contribution in [3.63, 3.8) is 0 Å². The van der Waals surface area contributed by atoms with Gasteiger partial charge in [0.1, 0.15) is 5.75 Å². The number of aromatic hydroxyl groups is 1. The van der Waals surface area contributed by atoms with Crippen LogP contribution in [0.15, 0.2) is 35.0 Å². The van der Waals surface area contributed by atoms with Crippen LogP contribution in [0, 0.1) is 6.92 Å². The van der Waals surface area contributed by atoms with E-state index in [0.717, 1.165) is 16.7 Å². The third kappa shape index (κ3) is 2.63. The third-order valence-electron chi connectivity index (χ3n) is 3.37. The fraction of sp³-hybridized carbons (Fsp3) is 0.267. The van der Waals surface area contributed by atoms with E-state index in [4.69, 9.17) is 0 Å². The molecule has 1 amide bonds. The van der Waals surface area contributed by atoms with Gasteiger partial charge in [-0.3, -0.25) is 4.79 Å². The fourth-order valence-corrected chi connectivity index (χ4v) is 2.82. The molecule has 0 aliphatic rings. The normalized spacial score (nSPS) is 12.2. The quantitative estimate of drug-likeness (QED) is 0.930. The molecule has 0 aliphatic heterocycles. The minimum atomic E-state index is -0.173. The van der Waals surface area contributed by atoms with Gasteiger partial charge in [-0.2, -0.15) is 11.3 Å². The Bertz CT molecular complexity index is 591. The molecule has 1 unspecified atom stereocenters. The Balaban J connectivity index is 2.25. The van der Waals surface area contributed by atoms with Gasteiger partial charge in [-0.25, -0.2) is 0 Å².